The molecule has 1 aliphatic carbocycles. The molecule has 4 heteroatoms. The molecule has 2 aromatic rings. The highest BCUT2D eigenvalue weighted by Crippen LogP contribution is 2.36. The monoisotopic (exact) mass is 337 g/mol. The van der Waals surface area contributed by atoms with Gasteiger partial charge in [0.25, 0.3) is 0 Å². The fourth-order valence-corrected chi connectivity index (χ4v) is 4.45. The number of fused-ring (bicyclic) bond motifs is 2. The summed E-state index contributed by atoms with van der Waals surface area (Å²) >= 11 is 1.40. The molecular formula is C20H19NO2S. The lowest BCUT2D eigenvalue weighted by Crippen LogP contribution is -2.27. The molecule has 1 aromatic heterocycles. The highest BCUT2D eigenvalue weighted by molar-refractivity contribution is 7.15. The quantitative estimate of drug-likeness (QED) is 0.869. The Morgan fingerprint density at radius 3 is 2.46 bits per heavy atom. The number of hydrogen-bond donors (Lipinski definition) is 1. The van der Waals surface area contributed by atoms with E-state index >= 15 is 0 Å². The van der Waals surface area contributed by atoms with Crippen LogP contribution in [0.3, 0.4) is 0 Å². The number of benzene rings is 1. The lowest BCUT2D eigenvalue weighted by atomic mass is 9.95. The van der Waals surface area contributed by atoms with E-state index in [1.807, 2.05) is 12.1 Å². The molecule has 1 fully saturated rings. The molecule has 0 spiro atoms. The summed E-state index contributed by atoms with van der Waals surface area (Å²) in [4.78, 5) is 15.3. The largest absolute Gasteiger partial charge is 0.477 e. The Kier molecular flexibility index (Phi) is 3.87. The van der Waals surface area contributed by atoms with Gasteiger partial charge in [0.15, 0.2) is 0 Å². The third-order valence-electron chi connectivity index (χ3n) is 4.79. The Morgan fingerprint density at radius 2 is 1.79 bits per heavy atom. The van der Waals surface area contributed by atoms with Gasteiger partial charge in [-0.15, -0.1) is 11.3 Å². The highest BCUT2D eigenvalue weighted by Gasteiger charge is 2.21. The molecule has 0 saturated carbocycles. The molecule has 2 heterocycles. The Balaban J connectivity index is 1.98. The normalized spacial score (nSPS) is 17.4. The number of thiophene rings is 1. The Labute approximate surface area is 144 Å². The van der Waals surface area contributed by atoms with Crippen molar-refractivity contribution in [2.75, 3.05) is 20.1 Å². The lowest BCUT2D eigenvalue weighted by Gasteiger charge is -2.25. The summed E-state index contributed by atoms with van der Waals surface area (Å²) in [6, 6.07) is 10.1. The van der Waals surface area contributed by atoms with Crippen LogP contribution in [0.1, 0.15) is 33.0 Å². The summed E-state index contributed by atoms with van der Waals surface area (Å²) in [5, 5.41) is 11.8. The van der Waals surface area contributed by atoms with E-state index in [0.717, 1.165) is 41.6 Å². The fourth-order valence-electron chi connectivity index (χ4n) is 3.41. The van der Waals surface area contributed by atoms with E-state index < -0.39 is 5.97 Å². The lowest BCUT2D eigenvalue weighted by molar-refractivity contribution is 0.0702. The summed E-state index contributed by atoms with van der Waals surface area (Å²) in [5.41, 5.74) is 3.70. The number of carboxylic acids is 1. The number of hydrogen-bond acceptors (Lipinski definition) is 3. The minimum Gasteiger partial charge on any atom is -0.477 e. The van der Waals surface area contributed by atoms with Crippen molar-refractivity contribution in [1.29, 1.82) is 0 Å². The van der Waals surface area contributed by atoms with E-state index in [-0.39, 0.29) is 0 Å². The molecular weight excluding hydrogens is 318 g/mol. The number of piperidine rings is 1. The Hall–Kier alpha value is -2.17. The zero-order valence-electron chi connectivity index (χ0n) is 13.6. The van der Waals surface area contributed by atoms with Crippen molar-refractivity contribution < 1.29 is 9.90 Å². The van der Waals surface area contributed by atoms with Crippen LogP contribution in [-0.4, -0.2) is 36.1 Å². The fraction of sp³-hybridized carbons (Fsp3) is 0.250. The third kappa shape index (κ3) is 2.72. The second kappa shape index (κ2) is 6.04. The first kappa shape index (κ1) is 15.4. The predicted molar refractivity (Wildman–Crippen MR) is 98.7 cm³/mol. The van der Waals surface area contributed by atoms with Gasteiger partial charge in [-0.25, -0.2) is 4.79 Å². The number of allylic oxidation sites excluding steroid dienone is 1. The molecule has 0 atom stereocenters. The van der Waals surface area contributed by atoms with Crippen LogP contribution in [0.5, 0.6) is 0 Å². The van der Waals surface area contributed by atoms with Crippen LogP contribution < -0.4 is 10.4 Å². The van der Waals surface area contributed by atoms with Crippen LogP contribution in [0, 0.1) is 0 Å². The summed E-state index contributed by atoms with van der Waals surface area (Å²) < 4.78 is 0. The van der Waals surface area contributed by atoms with Crippen LogP contribution >= 0.6 is 11.3 Å². The first-order chi connectivity index (χ1) is 11.6. The van der Waals surface area contributed by atoms with Crippen molar-refractivity contribution in [2.24, 2.45) is 0 Å². The molecule has 24 heavy (non-hydrogen) atoms. The molecule has 3 nitrogen and oxygen atoms in total. The van der Waals surface area contributed by atoms with Crippen molar-refractivity contribution in [3.05, 3.63) is 61.7 Å². The van der Waals surface area contributed by atoms with E-state index in [4.69, 9.17) is 0 Å². The van der Waals surface area contributed by atoms with Crippen LogP contribution in [0.2, 0.25) is 0 Å². The number of carbonyl (C=O) groups is 1. The van der Waals surface area contributed by atoms with E-state index in [9.17, 15) is 9.90 Å². The molecule has 4 rings (SSSR count). The molecule has 0 amide bonds. The second-order valence-electron chi connectivity index (χ2n) is 6.44. The highest BCUT2D eigenvalue weighted by atomic mass is 32.1. The SMILES string of the molecule is CN1CCC(=C2C=c3ccccc3=Cc3cc(C(=O)O)sc32)CC1. The van der Waals surface area contributed by atoms with Gasteiger partial charge in [0, 0.05) is 18.0 Å². The van der Waals surface area contributed by atoms with Gasteiger partial charge in [0.1, 0.15) is 4.88 Å². The molecule has 0 unspecified atom stereocenters. The van der Waals surface area contributed by atoms with Crippen molar-refractivity contribution in [3.8, 4) is 0 Å². The number of nitrogens with zero attached hydrogens (tertiary/aromatic N) is 1. The molecule has 1 N–H and O–H groups in total. The average molecular weight is 337 g/mol. The number of carboxylic acid groups (broad SMARTS) is 1. The van der Waals surface area contributed by atoms with E-state index in [1.54, 1.807) is 0 Å². The Bertz CT molecular complexity index is 958. The standard InChI is InChI=1S/C20H19NO2S/c1-21-8-6-13(7-9-21)17-11-15-5-3-2-4-14(15)10-16-12-18(20(22)23)24-19(16)17/h2-5,10-12H,6-9H2,1H3,(H,22,23). The van der Waals surface area contributed by atoms with Crippen LogP contribution in [0.25, 0.3) is 17.7 Å². The van der Waals surface area contributed by atoms with E-state index in [2.05, 4.69) is 42.3 Å². The molecule has 0 radical (unpaired) electrons. The van der Waals surface area contributed by atoms with Crippen molar-refractivity contribution in [3.63, 3.8) is 0 Å². The van der Waals surface area contributed by atoms with Gasteiger partial charge in [-0.05, 0) is 59.7 Å². The van der Waals surface area contributed by atoms with E-state index in [0.29, 0.717) is 4.88 Å². The Morgan fingerprint density at radius 1 is 1.12 bits per heavy atom. The summed E-state index contributed by atoms with van der Waals surface area (Å²) in [6.07, 6.45) is 6.46. The number of likely N-dealkylation sites (tertiary alicyclic amines) is 1. The van der Waals surface area contributed by atoms with Gasteiger partial charge in [-0.2, -0.15) is 0 Å². The van der Waals surface area contributed by atoms with Crippen molar-refractivity contribution in [2.45, 2.75) is 12.8 Å². The average Bonchev–Trinajstić information content (AvgIpc) is 2.92. The number of rotatable bonds is 1. The van der Waals surface area contributed by atoms with Crippen LogP contribution in [-0.2, 0) is 0 Å². The molecule has 1 aliphatic heterocycles. The van der Waals surface area contributed by atoms with Crippen LogP contribution in [0.15, 0.2) is 35.9 Å². The summed E-state index contributed by atoms with van der Waals surface area (Å²) in [5.74, 6) is -0.845. The molecule has 2 aliphatic rings. The summed E-state index contributed by atoms with van der Waals surface area (Å²) in [7, 11) is 2.15. The van der Waals surface area contributed by atoms with Gasteiger partial charge in [0.2, 0.25) is 0 Å². The molecule has 1 saturated heterocycles. The van der Waals surface area contributed by atoms with Crippen molar-refractivity contribution in [1.82, 2.24) is 4.90 Å². The smallest absolute Gasteiger partial charge is 0.345 e. The van der Waals surface area contributed by atoms with Gasteiger partial charge in [0.05, 0.1) is 0 Å². The maximum atomic E-state index is 11.4. The summed E-state index contributed by atoms with van der Waals surface area (Å²) in [6.45, 7) is 2.12. The van der Waals surface area contributed by atoms with Gasteiger partial charge < -0.3 is 10.0 Å². The molecule has 122 valence electrons. The van der Waals surface area contributed by atoms with Crippen molar-refractivity contribution >= 4 is 35.0 Å². The van der Waals surface area contributed by atoms with Crippen LogP contribution in [0.4, 0.5) is 0 Å². The first-order valence-electron chi connectivity index (χ1n) is 8.18. The molecule has 0 bridgehead atoms. The second-order valence-corrected chi connectivity index (χ2v) is 7.49. The zero-order valence-corrected chi connectivity index (χ0v) is 14.4. The minimum absolute atomic E-state index is 0.412. The maximum absolute atomic E-state index is 11.4. The topological polar surface area (TPSA) is 40.5 Å². The first-order valence-corrected chi connectivity index (χ1v) is 9.00. The molecule has 1 aromatic carbocycles. The maximum Gasteiger partial charge on any atom is 0.345 e. The minimum atomic E-state index is -0.845. The van der Waals surface area contributed by atoms with Gasteiger partial charge >= 0.3 is 5.97 Å². The third-order valence-corrected chi connectivity index (χ3v) is 5.97. The predicted octanol–water partition coefficient (Wildman–Crippen LogP) is 2.55. The van der Waals surface area contributed by atoms with E-state index in [1.165, 1.54) is 27.7 Å². The number of aromatic carboxylic acids is 1. The zero-order chi connectivity index (χ0) is 16.7. The van der Waals surface area contributed by atoms with Gasteiger partial charge in [-0.1, -0.05) is 29.8 Å². The van der Waals surface area contributed by atoms with Gasteiger partial charge in [-0.3, -0.25) is 0 Å².